The van der Waals surface area contributed by atoms with Gasteiger partial charge in [0.25, 0.3) is 0 Å². The number of likely N-dealkylation sites (N-methyl/N-ethyl adjacent to an activating group) is 2. The summed E-state index contributed by atoms with van der Waals surface area (Å²) in [6.45, 7) is 6.15. The van der Waals surface area contributed by atoms with E-state index in [1.807, 2.05) is 7.05 Å². The van der Waals surface area contributed by atoms with Crippen LogP contribution in [-0.4, -0.2) is 38.0 Å². The van der Waals surface area contributed by atoms with Gasteiger partial charge in [-0.05, 0) is 12.5 Å². The molecule has 0 unspecified atom stereocenters. The van der Waals surface area contributed by atoms with Gasteiger partial charge in [-0.2, -0.15) is 0 Å². The van der Waals surface area contributed by atoms with Crippen molar-refractivity contribution in [2.45, 2.75) is 26.8 Å². The number of carbonyl (C=O) groups excluding carboxylic acids is 1. The Morgan fingerprint density at radius 3 is 1.83 bits per heavy atom. The molecule has 72 valence electrons. The summed E-state index contributed by atoms with van der Waals surface area (Å²) in [7, 11) is 5.37. The van der Waals surface area contributed by atoms with Gasteiger partial charge in [-0.15, -0.1) is 0 Å². The monoisotopic (exact) mass is 172 g/mol. The molecule has 0 saturated heterocycles. The van der Waals surface area contributed by atoms with E-state index in [1.54, 1.807) is 19.0 Å². The minimum Gasteiger partial charge on any atom is -0.347 e. The summed E-state index contributed by atoms with van der Waals surface area (Å²) in [6.07, 6.45) is 0. The number of carbonyl (C=O) groups is 1. The number of nitrogens with one attached hydrogen (secondary N) is 1. The Labute approximate surface area is 75.1 Å². The number of rotatable bonds is 2. The highest BCUT2D eigenvalue weighted by Gasteiger charge is 2.30. The van der Waals surface area contributed by atoms with Crippen LogP contribution in [0.5, 0.6) is 0 Å². The van der Waals surface area contributed by atoms with Gasteiger partial charge in [-0.3, -0.25) is 4.79 Å². The van der Waals surface area contributed by atoms with Crippen LogP contribution in [0.15, 0.2) is 0 Å². The average Bonchev–Trinajstić information content (AvgIpc) is 1.85. The van der Waals surface area contributed by atoms with Gasteiger partial charge in [-0.25, -0.2) is 0 Å². The number of hydrogen-bond acceptors (Lipinski definition) is 2. The van der Waals surface area contributed by atoms with E-state index in [0.717, 1.165) is 0 Å². The van der Waals surface area contributed by atoms with E-state index in [9.17, 15) is 4.79 Å². The van der Waals surface area contributed by atoms with Crippen molar-refractivity contribution in [2.75, 3.05) is 21.1 Å². The first-order valence-corrected chi connectivity index (χ1v) is 4.19. The highest BCUT2D eigenvalue weighted by atomic mass is 16.2. The SMILES string of the molecule is CN[C@H](C(=O)N(C)C)C(C)(C)C. The molecule has 0 aromatic heterocycles. The van der Waals surface area contributed by atoms with Gasteiger partial charge in [0.05, 0.1) is 6.04 Å². The Balaban J connectivity index is 4.47. The van der Waals surface area contributed by atoms with E-state index in [0.29, 0.717) is 0 Å². The fraction of sp³-hybridized carbons (Fsp3) is 0.889. The van der Waals surface area contributed by atoms with Gasteiger partial charge < -0.3 is 10.2 Å². The fourth-order valence-corrected chi connectivity index (χ4v) is 1.19. The Morgan fingerprint density at radius 1 is 1.33 bits per heavy atom. The summed E-state index contributed by atoms with van der Waals surface area (Å²) in [5, 5.41) is 3.03. The van der Waals surface area contributed by atoms with E-state index < -0.39 is 0 Å². The number of amides is 1. The molecule has 0 aromatic carbocycles. The second-order valence-corrected chi connectivity index (χ2v) is 4.32. The lowest BCUT2D eigenvalue weighted by atomic mass is 9.86. The van der Waals surface area contributed by atoms with Gasteiger partial charge in [0.2, 0.25) is 5.91 Å². The Morgan fingerprint density at radius 2 is 1.75 bits per heavy atom. The van der Waals surface area contributed by atoms with E-state index in [2.05, 4.69) is 26.1 Å². The topological polar surface area (TPSA) is 32.3 Å². The lowest BCUT2D eigenvalue weighted by Crippen LogP contribution is -2.49. The molecule has 0 heterocycles. The fourth-order valence-electron chi connectivity index (χ4n) is 1.19. The van der Waals surface area contributed by atoms with Gasteiger partial charge in [0.15, 0.2) is 0 Å². The molecular weight excluding hydrogens is 152 g/mol. The van der Waals surface area contributed by atoms with Crippen LogP contribution in [0.2, 0.25) is 0 Å². The second-order valence-electron chi connectivity index (χ2n) is 4.32. The maximum absolute atomic E-state index is 11.6. The Hall–Kier alpha value is -0.570. The van der Waals surface area contributed by atoms with E-state index in [4.69, 9.17) is 0 Å². The van der Waals surface area contributed by atoms with Crippen molar-refractivity contribution in [1.29, 1.82) is 0 Å². The first-order valence-electron chi connectivity index (χ1n) is 4.19. The van der Waals surface area contributed by atoms with Crippen LogP contribution in [0.4, 0.5) is 0 Å². The van der Waals surface area contributed by atoms with Crippen molar-refractivity contribution in [2.24, 2.45) is 5.41 Å². The molecule has 3 heteroatoms. The summed E-state index contributed by atoms with van der Waals surface area (Å²) in [4.78, 5) is 13.2. The van der Waals surface area contributed by atoms with Crippen LogP contribution in [-0.2, 0) is 4.79 Å². The lowest BCUT2D eigenvalue weighted by molar-refractivity contribution is -0.133. The van der Waals surface area contributed by atoms with Crippen LogP contribution < -0.4 is 5.32 Å². The zero-order chi connectivity index (χ0) is 9.94. The molecular formula is C9H20N2O. The minimum atomic E-state index is -0.104. The quantitative estimate of drug-likeness (QED) is 0.665. The summed E-state index contributed by atoms with van der Waals surface area (Å²) in [5.41, 5.74) is -0.0316. The molecule has 3 nitrogen and oxygen atoms in total. The molecule has 12 heavy (non-hydrogen) atoms. The molecule has 0 aliphatic carbocycles. The maximum Gasteiger partial charge on any atom is 0.239 e. The van der Waals surface area contributed by atoms with Gasteiger partial charge >= 0.3 is 0 Å². The number of hydrogen-bond donors (Lipinski definition) is 1. The zero-order valence-electron chi connectivity index (χ0n) is 8.93. The molecule has 0 bridgehead atoms. The van der Waals surface area contributed by atoms with Crippen molar-refractivity contribution in [3.8, 4) is 0 Å². The smallest absolute Gasteiger partial charge is 0.239 e. The van der Waals surface area contributed by atoms with Crippen LogP contribution in [0.3, 0.4) is 0 Å². The van der Waals surface area contributed by atoms with E-state index >= 15 is 0 Å². The molecule has 0 radical (unpaired) electrons. The largest absolute Gasteiger partial charge is 0.347 e. The molecule has 1 atom stereocenters. The molecule has 0 saturated carbocycles. The molecule has 0 aliphatic rings. The van der Waals surface area contributed by atoms with Gasteiger partial charge in [0, 0.05) is 14.1 Å². The predicted molar refractivity (Wildman–Crippen MR) is 51.0 cm³/mol. The molecule has 1 N–H and O–H groups in total. The maximum atomic E-state index is 11.6. The van der Waals surface area contributed by atoms with E-state index in [-0.39, 0.29) is 17.4 Å². The predicted octanol–water partition coefficient (Wildman–Crippen LogP) is 0.709. The van der Waals surface area contributed by atoms with Crippen LogP contribution in [0, 0.1) is 5.41 Å². The minimum absolute atomic E-state index is 0.0316. The van der Waals surface area contributed by atoms with Crippen molar-refractivity contribution in [3.05, 3.63) is 0 Å². The molecule has 0 rings (SSSR count). The molecule has 0 spiro atoms. The van der Waals surface area contributed by atoms with Crippen LogP contribution >= 0.6 is 0 Å². The average molecular weight is 172 g/mol. The van der Waals surface area contributed by atoms with Crippen molar-refractivity contribution in [1.82, 2.24) is 10.2 Å². The number of nitrogens with zero attached hydrogens (tertiary/aromatic N) is 1. The normalized spacial score (nSPS) is 14.2. The third-order valence-corrected chi connectivity index (χ3v) is 1.84. The second kappa shape index (κ2) is 3.90. The zero-order valence-corrected chi connectivity index (χ0v) is 8.93. The summed E-state index contributed by atoms with van der Waals surface area (Å²) < 4.78 is 0. The van der Waals surface area contributed by atoms with E-state index in [1.165, 1.54) is 0 Å². The van der Waals surface area contributed by atoms with Crippen molar-refractivity contribution >= 4 is 5.91 Å². The standard InChI is InChI=1S/C9H20N2O/c1-9(2,3)7(10-4)8(12)11(5)6/h7,10H,1-6H3/t7-/m1/s1. The summed E-state index contributed by atoms with van der Waals surface area (Å²) in [6, 6.07) is -0.104. The van der Waals surface area contributed by atoms with Crippen LogP contribution in [0.25, 0.3) is 0 Å². The third-order valence-electron chi connectivity index (χ3n) is 1.84. The van der Waals surface area contributed by atoms with Crippen LogP contribution in [0.1, 0.15) is 20.8 Å². The van der Waals surface area contributed by atoms with Crippen molar-refractivity contribution < 1.29 is 4.79 Å². The first-order chi connectivity index (χ1) is 5.30. The molecule has 0 fully saturated rings. The highest BCUT2D eigenvalue weighted by molar-refractivity contribution is 5.82. The molecule has 1 amide bonds. The molecule has 0 aromatic rings. The lowest BCUT2D eigenvalue weighted by Gasteiger charge is -2.31. The first kappa shape index (κ1) is 11.4. The highest BCUT2D eigenvalue weighted by Crippen LogP contribution is 2.19. The summed E-state index contributed by atoms with van der Waals surface area (Å²) >= 11 is 0. The van der Waals surface area contributed by atoms with Gasteiger partial charge in [-0.1, -0.05) is 20.8 Å². The summed E-state index contributed by atoms with van der Waals surface area (Å²) in [5.74, 6) is 0.130. The van der Waals surface area contributed by atoms with Crippen molar-refractivity contribution in [3.63, 3.8) is 0 Å². The third kappa shape index (κ3) is 2.81. The molecule has 0 aliphatic heterocycles. The Bertz CT molecular complexity index is 158. The Kier molecular flexibility index (Phi) is 3.71. The van der Waals surface area contributed by atoms with Gasteiger partial charge in [0.1, 0.15) is 0 Å².